The van der Waals surface area contributed by atoms with Crippen LogP contribution in [0.5, 0.6) is 5.75 Å². The van der Waals surface area contributed by atoms with E-state index in [9.17, 15) is 0 Å². The van der Waals surface area contributed by atoms with Gasteiger partial charge in [0.1, 0.15) is 5.75 Å². The molecule has 2 rings (SSSR count). The molecule has 0 radical (unpaired) electrons. The van der Waals surface area contributed by atoms with Gasteiger partial charge in [-0.05, 0) is 37.3 Å². The molecule has 0 spiro atoms. The smallest absolute Gasteiger partial charge is 0.121 e. The average Bonchev–Trinajstić information content (AvgIpc) is 2.87. The lowest BCUT2D eigenvalue weighted by Crippen LogP contribution is -2.10. The summed E-state index contributed by atoms with van der Waals surface area (Å²) in [5.41, 5.74) is 1.19. The topological polar surface area (TPSA) is 21.3 Å². The third-order valence-electron chi connectivity index (χ3n) is 3.38. The molecule has 1 N–H and O–H groups in total. The minimum absolute atomic E-state index is 0.798. The summed E-state index contributed by atoms with van der Waals surface area (Å²) in [4.78, 5) is 0. The van der Waals surface area contributed by atoms with E-state index in [0.29, 0.717) is 0 Å². The van der Waals surface area contributed by atoms with Crippen LogP contribution in [-0.2, 0) is 0 Å². The monoisotopic (exact) mass is 233 g/mol. The largest absolute Gasteiger partial charge is 0.494 e. The Morgan fingerprint density at radius 2 is 2.12 bits per heavy atom. The van der Waals surface area contributed by atoms with Crippen molar-refractivity contribution in [1.82, 2.24) is 0 Å². The molecular formula is C15H23NO. The van der Waals surface area contributed by atoms with Gasteiger partial charge in [-0.3, -0.25) is 0 Å². The Balaban J connectivity index is 1.82. The maximum Gasteiger partial charge on any atom is 0.121 e. The molecule has 0 atom stereocenters. The van der Waals surface area contributed by atoms with E-state index >= 15 is 0 Å². The minimum atomic E-state index is 0.798. The van der Waals surface area contributed by atoms with Gasteiger partial charge in [-0.25, -0.2) is 0 Å². The van der Waals surface area contributed by atoms with Gasteiger partial charge in [0, 0.05) is 18.3 Å². The van der Waals surface area contributed by atoms with Crippen molar-refractivity contribution < 1.29 is 4.74 Å². The molecule has 1 saturated carbocycles. The summed E-state index contributed by atoms with van der Waals surface area (Å²) in [6, 6.07) is 8.30. The van der Waals surface area contributed by atoms with Gasteiger partial charge in [-0.1, -0.05) is 25.8 Å². The van der Waals surface area contributed by atoms with Crippen molar-refractivity contribution in [1.29, 1.82) is 0 Å². The second-order valence-electron chi connectivity index (χ2n) is 4.91. The zero-order valence-electron chi connectivity index (χ0n) is 10.7. The zero-order valence-corrected chi connectivity index (χ0v) is 10.7. The van der Waals surface area contributed by atoms with Gasteiger partial charge in [0.15, 0.2) is 0 Å². The lowest BCUT2D eigenvalue weighted by molar-refractivity contribution is 0.317. The highest BCUT2D eigenvalue weighted by Crippen LogP contribution is 2.25. The van der Waals surface area contributed by atoms with Crippen LogP contribution in [0.25, 0.3) is 0 Å². The second-order valence-corrected chi connectivity index (χ2v) is 4.91. The molecule has 2 heteroatoms. The van der Waals surface area contributed by atoms with Gasteiger partial charge in [0.2, 0.25) is 0 Å². The van der Waals surface area contributed by atoms with Crippen molar-refractivity contribution in [2.75, 3.05) is 18.5 Å². The Morgan fingerprint density at radius 1 is 1.29 bits per heavy atom. The molecule has 1 fully saturated rings. The average molecular weight is 233 g/mol. The molecule has 0 aromatic heterocycles. The lowest BCUT2D eigenvalue weighted by Gasteiger charge is -2.13. The standard InChI is InChI=1S/C15H23NO/c1-2-10-17-15-9-5-8-14(11-15)16-12-13-6-3-4-7-13/h5,8-9,11,13,16H,2-4,6-7,10,12H2,1H3. The first kappa shape index (κ1) is 12.3. The van der Waals surface area contributed by atoms with Gasteiger partial charge < -0.3 is 10.1 Å². The minimum Gasteiger partial charge on any atom is -0.494 e. The van der Waals surface area contributed by atoms with E-state index in [4.69, 9.17) is 4.74 Å². The van der Waals surface area contributed by atoms with Gasteiger partial charge in [0.05, 0.1) is 6.61 Å². The van der Waals surface area contributed by atoms with E-state index in [-0.39, 0.29) is 0 Å². The molecule has 0 bridgehead atoms. The summed E-state index contributed by atoms with van der Waals surface area (Å²) in [7, 11) is 0. The molecule has 0 unspecified atom stereocenters. The van der Waals surface area contributed by atoms with Gasteiger partial charge >= 0.3 is 0 Å². The summed E-state index contributed by atoms with van der Waals surface area (Å²) >= 11 is 0. The van der Waals surface area contributed by atoms with E-state index in [2.05, 4.69) is 30.4 Å². The zero-order chi connectivity index (χ0) is 11.9. The highest BCUT2D eigenvalue weighted by atomic mass is 16.5. The Labute approximate surface area is 104 Å². The van der Waals surface area contributed by atoms with Crippen LogP contribution < -0.4 is 10.1 Å². The van der Waals surface area contributed by atoms with Crippen LogP contribution in [0.4, 0.5) is 5.69 Å². The SMILES string of the molecule is CCCOc1cccc(NCC2CCCC2)c1. The molecular weight excluding hydrogens is 210 g/mol. The Bertz CT molecular complexity index is 331. The number of benzene rings is 1. The number of rotatable bonds is 6. The summed E-state index contributed by atoms with van der Waals surface area (Å²) in [6.45, 7) is 4.03. The van der Waals surface area contributed by atoms with E-state index < -0.39 is 0 Å². The van der Waals surface area contributed by atoms with Crippen LogP contribution in [0.15, 0.2) is 24.3 Å². The number of nitrogens with one attached hydrogen (secondary N) is 1. The molecule has 1 aromatic carbocycles. The summed E-state index contributed by atoms with van der Waals surface area (Å²) in [5.74, 6) is 1.85. The molecule has 0 aliphatic heterocycles. The normalized spacial score (nSPS) is 16.1. The lowest BCUT2D eigenvalue weighted by atomic mass is 10.1. The Kier molecular flexibility index (Phi) is 4.72. The molecule has 1 aliphatic carbocycles. The van der Waals surface area contributed by atoms with E-state index in [0.717, 1.165) is 31.2 Å². The second kappa shape index (κ2) is 6.53. The quantitative estimate of drug-likeness (QED) is 0.799. The van der Waals surface area contributed by atoms with Crippen LogP contribution in [0.3, 0.4) is 0 Å². The maximum atomic E-state index is 5.63. The third kappa shape index (κ3) is 3.95. The highest BCUT2D eigenvalue weighted by Gasteiger charge is 2.14. The summed E-state index contributed by atoms with van der Waals surface area (Å²) in [6.07, 6.45) is 6.65. The fraction of sp³-hybridized carbons (Fsp3) is 0.600. The van der Waals surface area contributed by atoms with Crippen molar-refractivity contribution in [3.63, 3.8) is 0 Å². The number of anilines is 1. The maximum absolute atomic E-state index is 5.63. The summed E-state index contributed by atoms with van der Waals surface area (Å²) < 4.78 is 5.63. The third-order valence-corrected chi connectivity index (χ3v) is 3.38. The number of hydrogen-bond donors (Lipinski definition) is 1. The predicted molar refractivity (Wildman–Crippen MR) is 72.7 cm³/mol. The van der Waals surface area contributed by atoms with Crippen LogP contribution in [0.2, 0.25) is 0 Å². The first-order valence-corrected chi connectivity index (χ1v) is 6.85. The van der Waals surface area contributed by atoms with E-state index in [1.165, 1.54) is 31.4 Å². The van der Waals surface area contributed by atoms with E-state index in [1.807, 2.05) is 6.07 Å². The number of ether oxygens (including phenoxy) is 1. The van der Waals surface area contributed by atoms with Crippen LogP contribution in [0, 0.1) is 5.92 Å². The van der Waals surface area contributed by atoms with Crippen LogP contribution in [0.1, 0.15) is 39.0 Å². The van der Waals surface area contributed by atoms with Gasteiger partial charge in [-0.2, -0.15) is 0 Å². The molecule has 17 heavy (non-hydrogen) atoms. The molecule has 1 aliphatic rings. The molecule has 0 heterocycles. The van der Waals surface area contributed by atoms with Crippen molar-refractivity contribution >= 4 is 5.69 Å². The van der Waals surface area contributed by atoms with Crippen molar-refractivity contribution in [3.8, 4) is 5.75 Å². The number of hydrogen-bond acceptors (Lipinski definition) is 2. The Morgan fingerprint density at radius 3 is 2.88 bits per heavy atom. The van der Waals surface area contributed by atoms with E-state index in [1.54, 1.807) is 0 Å². The highest BCUT2D eigenvalue weighted by molar-refractivity contribution is 5.48. The van der Waals surface area contributed by atoms with Crippen molar-refractivity contribution in [2.24, 2.45) is 5.92 Å². The van der Waals surface area contributed by atoms with Crippen molar-refractivity contribution in [2.45, 2.75) is 39.0 Å². The van der Waals surface area contributed by atoms with Gasteiger partial charge in [-0.15, -0.1) is 0 Å². The fourth-order valence-corrected chi connectivity index (χ4v) is 2.39. The molecule has 2 nitrogen and oxygen atoms in total. The predicted octanol–water partition coefficient (Wildman–Crippen LogP) is 4.08. The molecule has 0 saturated heterocycles. The molecule has 94 valence electrons. The first-order chi connectivity index (χ1) is 8.38. The van der Waals surface area contributed by atoms with Gasteiger partial charge in [0.25, 0.3) is 0 Å². The van der Waals surface area contributed by atoms with Crippen LogP contribution in [-0.4, -0.2) is 13.2 Å². The molecule has 1 aromatic rings. The summed E-state index contributed by atoms with van der Waals surface area (Å²) in [5, 5.41) is 3.52. The first-order valence-electron chi connectivity index (χ1n) is 6.85. The fourth-order valence-electron chi connectivity index (χ4n) is 2.39. The van der Waals surface area contributed by atoms with Crippen LogP contribution >= 0.6 is 0 Å². The van der Waals surface area contributed by atoms with Crippen molar-refractivity contribution in [3.05, 3.63) is 24.3 Å². The molecule has 0 amide bonds. The Hall–Kier alpha value is -1.18.